The maximum atomic E-state index is 4.51. The molecule has 0 aliphatic heterocycles. The molecular formula is C10H17BrN2S. The predicted molar refractivity (Wildman–Crippen MR) is 65.3 cm³/mol. The molecule has 80 valence electrons. The molecule has 0 saturated heterocycles. The van der Waals surface area contributed by atoms with E-state index in [4.69, 9.17) is 0 Å². The molecule has 1 unspecified atom stereocenters. The molecule has 0 spiro atoms. The maximum Gasteiger partial charge on any atom is 0.145 e. The third-order valence-corrected chi connectivity index (χ3v) is 4.22. The van der Waals surface area contributed by atoms with Gasteiger partial charge in [0.2, 0.25) is 0 Å². The number of alkyl halides is 1. The minimum absolute atomic E-state index is 0.438. The monoisotopic (exact) mass is 276 g/mol. The van der Waals surface area contributed by atoms with E-state index >= 15 is 0 Å². The molecule has 0 amide bonds. The summed E-state index contributed by atoms with van der Waals surface area (Å²) in [7, 11) is 0. The quantitative estimate of drug-likeness (QED) is 0.785. The molecule has 0 radical (unpaired) electrons. The molecule has 4 heteroatoms. The molecule has 0 aliphatic carbocycles. The van der Waals surface area contributed by atoms with Gasteiger partial charge in [-0.3, -0.25) is 0 Å². The van der Waals surface area contributed by atoms with Crippen molar-refractivity contribution in [3.63, 3.8) is 0 Å². The van der Waals surface area contributed by atoms with Crippen LogP contribution in [0.2, 0.25) is 0 Å². The molecule has 0 bridgehead atoms. The van der Waals surface area contributed by atoms with Crippen LogP contribution >= 0.6 is 27.5 Å². The molecule has 1 aromatic rings. The molecule has 2 nitrogen and oxygen atoms in total. The number of aromatic nitrogens is 2. The Bertz CT molecular complexity index is 283. The summed E-state index contributed by atoms with van der Waals surface area (Å²) in [5.74, 6) is 2.06. The molecule has 14 heavy (non-hydrogen) atoms. The van der Waals surface area contributed by atoms with E-state index in [2.05, 4.69) is 53.0 Å². The predicted octanol–water partition coefficient (Wildman–Crippen LogP) is 3.62. The van der Waals surface area contributed by atoms with Crippen LogP contribution in [0.4, 0.5) is 0 Å². The van der Waals surface area contributed by atoms with Crippen LogP contribution in [-0.4, -0.2) is 14.2 Å². The van der Waals surface area contributed by atoms with Crippen molar-refractivity contribution >= 4 is 27.5 Å². The smallest absolute Gasteiger partial charge is 0.145 e. The van der Waals surface area contributed by atoms with E-state index in [0.717, 1.165) is 17.3 Å². The fourth-order valence-corrected chi connectivity index (χ4v) is 2.35. The van der Waals surface area contributed by atoms with Crippen molar-refractivity contribution in [2.24, 2.45) is 5.92 Å². The fourth-order valence-electron chi connectivity index (χ4n) is 0.988. The number of nitrogens with zero attached hydrogens (tertiary/aromatic N) is 2. The summed E-state index contributed by atoms with van der Waals surface area (Å²) in [6.45, 7) is 8.67. The summed E-state index contributed by atoms with van der Waals surface area (Å²) in [4.78, 5) is 5.02. The lowest BCUT2D eigenvalue weighted by molar-refractivity contribution is 0.610. The molecule has 1 heterocycles. The highest BCUT2D eigenvalue weighted by Crippen LogP contribution is 2.20. The van der Waals surface area contributed by atoms with E-state index in [1.54, 1.807) is 0 Å². The Morgan fingerprint density at radius 2 is 1.93 bits per heavy atom. The Morgan fingerprint density at radius 3 is 2.36 bits per heavy atom. The zero-order chi connectivity index (χ0) is 10.7. The van der Waals surface area contributed by atoms with Crippen LogP contribution in [-0.2, 0) is 6.42 Å². The molecule has 0 N–H and O–H groups in total. The van der Waals surface area contributed by atoms with Crippen molar-refractivity contribution in [2.75, 3.05) is 0 Å². The largest absolute Gasteiger partial charge is 0.224 e. The summed E-state index contributed by atoms with van der Waals surface area (Å²) in [5, 5.41) is 1.14. The van der Waals surface area contributed by atoms with Gasteiger partial charge in [0.1, 0.15) is 10.8 Å². The first kappa shape index (κ1) is 12.1. The second kappa shape index (κ2) is 5.21. The van der Waals surface area contributed by atoms with Crippen LogP contribution in [0.3, 0.4) is 0 Å². The third kappa shape index (κ3) is 3.31. The molecule has 0 fully saturated rings. The Hall–Kier alpha value is 0.0400. The zero-order valence-electron chi connectivity index (χ0n) is 9.12. The Kier molecular flexibility index (Phi) is 4.51. The lowest BCUT2D eigenvalue weighted by Crippen LogP contribution is -2.10. The van der Waals surface area contributed by atoms with Crippen molar-refractivity contribution in [3.05, 3.63) is 10.8 Å². The van der Waals surface area contributed by atoms with E-state index in [1.165, 1.54) is 11.5 Å². The highest BCUT2D eigenvalue weighted by atomic mass is 79.9. The van der Waals surface area contributed by atoms with Crippen LogP contribution in [0.25, 0.3) is 0 Å². The van der Waals surface area contributed by atoms with Crippen LogP contribution in [0.1, 0.15) is 44.4 Å². The van der Waals surface area contributed by atoms with Gasteiger partial charge in [-0.05, 0) is 17.5 Å². The normalized spacial score (nSPS) is 13.9. The van der Waals surface area contributed by atoms with Crippen LogP contribution in [0.5, 0.6) is 0 Å². The van der Waals surface area contributed by atoms with Crippen molar-refractivity contribution in [1.29, 1.82) is 0 Å². The van der Waals surface area contributed by atoms with Gasteiger partial charge in [-0.15, -0.1) is 0 Å². The van der Waals surface area contributed by atoms with E-state index in [-0.39, 0.29) is 0 Å². The molecule has 0 saturated carbocycles. The minimum atomic E-state index is 0.438. The lowest BCUT2D eigenvalue weighted by Gasteiger charge is -2.10. The van der Waals surface area contributed by atoms with Crippen molar-refractivity contribution < 1.29 is 0 Å². The molecule has 1 rings (SSSR count). The molecular weight excluding hydrogens is 260 g/mol. The summed E-state index contributed by atoms with van der Waals surface area (Å²) >= 11 is 5.20. The van der Waals surface area contributed by atoms with E-state index in [1.807, 2.05) is 0 Å². The highest BCUT2D eigenvalue weighted by Gasteiger charge is 2.14. The zero-order valence-corrected chi connectivity index (χ0v) is 11.5. The van der Waals surface area contributed by atoms with Gasteiger partial charge in [0.25, 0.3) is 0 Å². The maximum absolute atomic E-state index is 4.51. The topological polar surface area (TPSA) is 25.8 Å². The van der Waals surface area contributed by atoms with E-state index in [0.29, 0.717) is 16.7 Å². The first-order chi connectivity index (χ1) is 6.50. The third-order valence-electron chi connectivity index (χ3n) is 2.09. The Labute approximate surface area is 98.4 Å². The van der Waals surface area contributed by atoms with Gasteiger partial charge < -0.3 is 0 Å². The summed E-state index contributed by atoms with van der Waals surface area (Å²) in [5.41, 5.74) is 0. The molecule has 0 aromatic carbocycles. The lowest BCUT2D eigenvalue weighted by atomic mass is 10.1. The van der Waals surface area contributed by atoms with Gasteiger partial charge in [-0.2, -0.15) is 4.37 Å². The van der Waals surface area contributed by atoms with Gasteiger partial charge in [0, 0.05) is 17.2 Å². The summed E-state index contributed by atoms with van der Waals surface area (Å²) in [6, 6.07) is 0. The van der Waals surface area contributed by atoms with Crippen molar-refractivity contribution in [3.8, 4) is 0 Å². The minimum Gasteiger partial charge on any atom is -0.224 e. The van der Waals surface area contributed by atoms with Gasteiger partial charge >= 0.3 is 0 Å². The van der Waals surface area contributed by atoms with Gasteiger partial charge in [0.15, 0.2) is 0 Å². The standard InChI is InChI=1S/C10H17BrN2S/c1-6(2)8(11)5-9-12-10(7(3)4)13-14-9/h6-8H,5H2,1-4H3. The van der Waals surface area contributed by atoms with Gasteiger partial charge in [-0.1, -0.05) is 43.6 Å². The Morgan fingerprint density at radius 1 is 1.29 bits per heavy atom. The first-order valence-electron chi connectivity index (χ1n) is 4.97. The highest BCUT2D eigenvalue weighted by molar-refractivity contribution is 9.09. The first-order valence-corrected chi connectivity index (χ1v) is 6.66. The van der Waals surface area contributed by atoms with Gasteiger partial charge in [-0.25, -0.2) is 4.98 Å². The second-order valence-electron chi connectivity index (χ2n) is 4.17. The average Bonchev–Trinajstić information content (AvgIpc) is 2.52. The van der Waals surface area contributed by atoms with Crippen LogP contribution in [0.15, 0.2) is 0 Å². The fraction of sp³-hybridized carbons (Fsp3) is 0.800. The SMILES string of the molecule is CC(C)c1nsc(CC(Br)C(C)C)n1. The molecule has 0 aliphatic rings. The number of halogens is 1. The average molecular weight is 277 g/mol. The summed E-state index contributed by atoms with van der Waals surface area (Å²) < 4.78 is 4.34. The number of hydrogen-bond donors (Lipinski definition) is 0. The Balaban J connectivity index is 2.60. The van der Waals surface area contributed by atoms with Crippen LogP contribution in [0, 0.1) is 5.92 Å². The van der Waals surface area contributed by atoms with Crippen molar-refractivity contribution in [2.45, 2.75) is 44.9 Å². The van der Waals surface area contributed by atoms with Crippen molar-refractivity contribution in [1.82, 2.24) is 9.36 Å². The van der Waals surface area contributed by atoms with E-state index in [9.17, 15) is 0 Å². The number of hydrogen-bond acceptors (Lipinski definition) is 3. The number of rotatable bonds is 4. The summed E-state index contributed by atoms with van der Waals surface area (Å²) in [6.07, 6.45) is 0.988. The molecule has 1 atom stereocenters. The van der Waals surface area contributed by atoms with Gasteiger partial charge in [0.05, 0.1) is 0 Å². The van der Waals surface area contributed by atoms with Crippen LogP contribution < -0.4 is 0 Å². The van der Waals surface area contributed by atoms with E-state index < -0.39 is 0 Å². The second-order valence-corrected chi connectivity index (χ2v) is 6.18. The molecule has 1 aromatic heterocycles.